The maximum atomic E-state index is 12.8. The van der Waals surface area contributed by atoms with Crippen molar-refractivity contribution in [3.63, 3.8) is 0 Å². The summed E-state index contributed by atoms with van der Waals surface area (Å²) in [7, 11) is -3.69. The number of rotatable bonds is 7. The predicted molar refractivity (Wildman–Crippen MR) is 122 cm³/mol. The van der Waals surface area contributed by atoms with E-state index in [0.29, 0.717) is 10.0 Å². The van der Waals surface area contributed by atoms with E-state index in [0.717, 1.165) is 32.5 Å². The van der Waals surface area contributed by atoms with Crippen LogP contribution in [0.2, 0.25) is 0 Å². The van der Waals surface area contributed by atoms with Crippen LogP contribution in [0.4, 0.5) is 0 Å². The van der Waals surface area contributed by atoms with Crippen molar-refractivity contribution in [2.75, 3.05) is 19.7 Å². The Morgan fingerprint density at radius 3 is 2.43 bits per heavy atom. The Morgan fingerprint density at radius 2 is 1.83 bits per heavy atom. The van der Waals surface area contributed by atoms with Crippen molar-refractivity contribution < 1.29 is 17.9 Å². The third-order valence-electron chi connectivity index (χ3n) is 4.89. The van der Waals surface area contributed by atoms with Crippen molar-refractivity contribution in [1.29, 1.82) is 0 Å². The molecule has 3 rings (SSSR count). The van der Waals surface area contributed by atoms with E-state index in [-0.39, 0.29) is 30.0 Å². The maximum absolute atomic E-state index is 12.8. The Kier molecular flexibility index (Phi) is 9.31. The van der Waals surface area contributed by atoms with Gasteiger partial charge in [0, 0.05) is 30.1 Å². The monoisotopic (exact) mass is 516 g/mol. The molecule has 1 aliphatic rings. The molecule has 30 heavy (non-hydrogen) atoms. The zero-order chi connectivity index (χ0) is 20.9. The predicted octanol–water partition coefficient (Wildman–Crippen LogP) is 3.99. The van der Waals surface area contributed by atoms with Gasteiger partial charge in [-0.25, -0.2) is 17.9 Å². The molecule has 0 atom stereocenters. The minimum atomic E-state index is -3.69. The summed E-state index contributed by atoms with van der Waals surface area (Å²) in [6, 6.07) is 14.5. The van der Waals surface area contributed by atoms with Gasteiger partial charge in [0.05, 0.1) is 17.1 Å². The summed E-state index contributed by atoms with van der Waals surface area (Å²) < 4.78 is 33.8. The number of hydrogen-bond donors (Lipinski definition) is 1. The van der Waals surface area contributed by atoms with Crippen LogP contribution in [0.15, 0.2) is 57.9 Å². The molecule has 0 aliphatic carbocycles. The number of piperidine rings is 1. The van der Waals surface area contributed by atoms with E-state index in [1.54, 1.807) is 6.92 Å². The van der Waals surface area contributed by atoms with Gasteiger partial charge in [0.1, 0.15) is 0 Å². The SMILES string of the molecule is CCOC(=O)c1ccc(S(=O)(=O)NC2CCN(Cc3ccccc3)CC2)c(Br)c1.Cl. The highest BCUT2D eigenvalue weighted by Crippen LogP contribution is 2.25. The summed E-state index contributed by atoms with van der Waals surface area (Å²) >= 11 is 3.28. The molecule has 0 spiro atoms. The van der Waals surface area contributed by atoms with Crippen molar-refractivity contribution in [1.82, 2.24) is 9.62 Å². The third-order valence-corrected chi connectivity index (χ3v) is 7.39. The molecule has 0 amide bonds. The van der Waals surface area contributed by atoms with E-state index in [4.69, 9.17) is 4.74 Å². The molecule has 164 valence electrons. The van der Waals surface area contributed by atoms with Crippen molar-refractivity contribution >= 4 is 44.3 Å². The quantitative estimate of drug-likeness (QED) is 0.562. The highest BCUT2D eigenvalue weighted by Gasteiger charge is 2.26. The number of carbonyl (C=O) groups is 1. The van der Waals surface area contributed by atoms with Gasteiger partial charge in [0.2, 0.25) is 10.0 Å². The van der Waals surface area contributed by atoms with E-state index < -0.39 is 16.0 Å². The molecular weight excluding hydrogens is 492 g/mol. The van der Waals surface area contributed by atoms with Crippen LogP contribution in [-0.2, 0) is 21.3 Å². The summed E-state index contributed by atoms with van der Waals surface area (Å²) in [6.07, 6.45) is 1.51. The number of likely N-dealkylation sites (tertiary alicyclic amines) is 1. The van der Waals surface area contributed by atoms with Crippen LogP contribution in [0.1, 0.15) is 35.7 Å². The molecule has 0 aromatic heterocycles. The highest BCUT2D eigenvalue weighted by atomic mass is 79.9. The molecule has 6 nitrogen and oxygen atoms in total. The van der Waals surface area contributed by atoms with Crippen LogP contribution in [0.3, 0.4) is 0 Å². The molecule has 0 unspecified atom stereocenters. The number of benzene rings is 2. The normalized spacial score (nSPS) is 15.4. The molecule has 0 radical (unpaired) electrons. The first-order chi connectivity index (χ1) is 13.9. The Labute approximate surface area is 192 Å². The molecule has 1 fully saturated rings. The molecule has 0 bridgehead atoms. The van der Waals surface area contributed by atoms with E-state index in [9.17, 15) is 13.2 Å². The first kappa shape index (κ1) is 24.8. The zero-order valence-electron chi connectivity index (χ0n) is 16.7. The molecular formula is C21H26BrClN2O4S. The van der Waals surface area contributed by atoms with Crippen LogP contribution in [0, 0.1) is 0 Å². The number of carbonyl (C=O) groups excluding carboxylic acids is 1. The summed E-state index contributed by atoms with van der Waals surface area (Å²) in [5, 5.41) is 0. The fourth-order valence-corrected chi connectivity index (χ4v) is 5.78. The van der Waals surface area contributed by atoms with Crippen LogP contribution >= 0.6 is 28.3 Å². The third kappa shape index (κ3) is 6.52. The number of ether oxygens (including phenoxy) is 1. The average Bonchev–Trinajstić information content (AvgIpc) is 2.70. The molecule has 9 heteroatoms. The van der Waals surface area contributed by atoms with Gasteiger partial charge < -0.3 is 4.74 Å². The summed E-state index contributed by atoms with van der Waals surface area (Å²) in [5.41, 5.74) is 1.57. The van der Waals surface area contributed by atoms with Gasteiger partial charge in [-0.1, -0.05) is 30.3 Å². The van der Waals surface area contributed by atoms with Crippen LogP contribution in [0.5, 0.6) is 0 Å². The first-order valence-corrected chi connectivity index (χ1v) is 11.9. The molecule has 2 aromatic carbocycles. The lowest BCUT2D eigenvalue weighted by Gasteiger charge is -2.32. The number of nitrogens with one attached hydrogen (secondary N) is 1. The van der Waals surface area contributed by atoms with Gasteiger partial charge >= 0.3 is 5.97 Å². The van der Waals surface area contributed by atoms with Gasteiger partial charge in [-0.3, -0.25) is 4.90 Å². The largest absolute Gasteiger partial charge is 0.462 e. The van der Waals surface area contributed by atoms with E-state index in [2.05, 4.69) is 37.7 Å². The zero-order valence-corrected chi connectivity index (χ0v) is 19.9. The van der Waals surface area contributed by atoms with Gasteiger partial charge in [0.25, 0.3) is 0 Å². The maximum Gasteiger partial charge on any atom is 0.338 e. The molecule has 1 N–H and O–H groups in total. The van der Waals surface area contributed by atoms with Crippen LogP contribution < -0.4 is 4.72 Å². The Morgan fingerprint density at radius 1 is 1.17 bits per heavy atom. The van der Waals surface area contributed by atoms with Crippen molar-refractivity contribution in [3.8, 4) is 0 Å². The van der Waals surface area contributed by atoms with Crippen LogP contribution in [0.25, 0.3) is 0 Å². The lowest BCUT2D eigenvalue weighted by molar-refractivity contribution is 0.0526. The molecule has 2 aromatic rings. The minimum absolute atomic E-state index is 0. The molecule has 1 aliphatic heterocycles. The Bertz CT molecular complexity index is 949. The lowest BCUT2D eigenvalue weighted by atomic mass is 10.1. The number of nitrogens with zero attached hydrogens (tertiary/aromatic N) is 1. The molecule has 1 heterocycles. The second-order valence-electron chi connectivity index (χ2n) is 7.02. The van der Waals surface area contributed by atoms with Crippen molar-refractivity contribution in [3.05, 3.63) is 64.1 Å². The number of sulfonamides is 1. The Balaban J connectivity index is 0.00000320. The van der Waals surface area contributed by atoms with E-state index in [1.165, 1.54) is 23.8 Å². The number of halogens is 2. The second-order valence-corrected chi connectivity index (χ2v) is 9.56. The first-order valence-electron chi connectivity index (χ1n) is 9.64. The van der Waals surface area contributed by atoms with Crippen molar-refractivity contribution in [2.45, 2.75) is 37.2 Å². The summed E-state index contributed by atoms with van der Waals surface area (Å²) in [5.74, 6) is -0.476. The number of hydrogen-bond acceptors (Lipinski definition) is 5. The molecule has 0 saturated carbocycles. The highest BCUT2D eigenvalue weighted by molar-refractivity contribution is 9.10. The van der Waals surface area contributed by atoms with Crippen molar-refractivity contribution in [2.24, 2.45) is 0 Å². The fraction of sp³-hybridized carbons (Fsp3) is 0.381. The van der Waals surface area contributed by atoms with Gasteiger partial charge in [0.15, 0.2) is 0 Å². The lowest BCUT2D eigenvalue weighted by Crippen LogP contribution is -2.44. The second kappa shape index (κ2) is 11.2. The average molecular weight is 518 g/mol. The smallest absolute Gasteiger partial charge is 0.338 e. The van der Waals surface area contributed by atoms with Gasteiger partial charge in [-0.15, -0.1) is 12.4 Å². The Hall–Kier alpha value is -1.45. The summed E-state index contributed by atoms with van der Waals surface area (Å²) in [4.78, 5) is 14.3. The van der Waals surface area contributed by atoms with Gasteiger partial charge in [-0.05, 0) is 59.5 Å². The van der Waals surface area contributed by atoms with E-state index >= 15 is 0 Å². The van der Waals surface area contributed by atoms with Gasteiger partial charge in [-0.2, -0.15) is 0 Å². The minimum Gasteiger partial charge on any atom is -0.462 e. The van der Waals surface area contributed by atoms with Crippen LogP contribution in [-0.4, -0.2) is 45.0 Å². The topological polar surface area (TPSA) is 75.7 Å². The molecule has 1 saturated heterocycles. The number of esters is 1. The summed E-state index contributed by atoms with van der Waals surface area (Å²) in [6.45, 7) is 4.54. The fourth-order valence-electron chi connectivity index (χ4n) is 3.39. The van der Waals surface area contributed by atoms with E-state index in [1.807, 2.05) is 18.2 Å². The standard InChI is InChI=1S/C21H25BrN2O4S.ClH/c1-2-28-21(25)17-8-9-20(19(22)14-17)29(26,27)23-18-10-12-24(13-11-18)15-16-6-4-3-5-7-16;/h3-9,14,18,23H,2,10-13,15H2,1H3;1H.